The molecule has 0 saturated heterocycles. The molecule has 2 heteroatoms. The standard InChI is InChI=1S/C28H40F2/c1-2-20-3-5-21(6-4-20)7-8-22-9-11-23(12-10-22)24-13-15-25(16-14-24)26-17-18-27(29)28(30)19-26/h2,17-25H,1,3-16H2. The summed E-state index contributed by atoms with van der Waals surface area (Å²) in [6, 6.07) is 4.51. The minimum atomic E-state index is -0.728. The summed E-state index contributed by atoms with van der Waals surface area (Å²) in [6.07, 6.45) is 21.2. The monoisotopic (exact) mass is 414 g/mol. The summed E-state index contributed by atoms with van der Waals surface area (Å²) in [5.74, 6) is 3.51. The number of hydrogen-bond acceptors (Lipinski definition) is 0. The van der Waals surface area contributed by atoms with Gasteiger partial charge < -0.3 is 0 Å². The lowest BCUT2D eigenvalue weighted by Crippen LogP contribution is -2.25. The molecule has 166 valence electrons. The van der Waals surface area contributed by atoms with Crippen molar-refractivity contribution in [3.05, 3.63) is 48.1 Å². The van der Waals surface area contributed by atoms with Crippen molar-refractivity contribution in [2.75, 3.05) is 0 Å². The van der Waals surface area contributed by atoms with Gasteiger partial charge in [-0.2, -0.15) is 0 Å². The molecule has 0 N–H and O–H groups in total. The molecule has 0 nitrogen and oxygen atoms in total. The molecule has 0 heterocycles. The maximum atomic E-state index is 13.6. The number of allylic oxidation sites excluding steroid dienone is 1. The first-order chi connectivity index (χ1) is 14.6. The van der Waals surface area contributed by atoms with E-state index in [0.717, 1.165) is 48.0 Å². The van der Waals surface area contributed by atoms with Gasteiger partial charge in [0.2, 0.25) is 0 Å². The molecule has 0 unspecified atom stereocenters. The zero-order chi connectivity index (χ0) is 20.9. The largest absolute Gasteiger partial charge is 0.204 e. The van der Waals surface area contributed by atoms with E-state index in [0.29, 0.717) is 5.92 Å². The molecule has 3 fully saturated rings. The van der Waals surface area contributed by atoms with Crippen molar-refractivity contribution in [2.45, 2.75) is 95.8 Å². The fourth-order valence-electron chi connectivity index (χ4n) is 6.82. The molecular weight excluding hydrogens is 374 g/mol. The normalized spacial score (nSPS) is 35.1. The van der Waals surface area contributed by atoms with Gasteiger partial charge in [0, 0.05) is 0 Å². The van der Waals surface area contributed by atoms with Gasteiger partial charge in [0.05, 0.1) is 0 Å². The summed E-state index contributed by atoms with van der Waals surface area (Å²) >= 11 is 0. The second kappa shape index (κ2) is 10.4. The van der Waals surface area contributed by atoms with Crippen molar-refractivity contribution in [3.63, 3.8) is 0 Å². The Morgan fingerprint density at radius 3 is 1.77 bits per heavy atom. The van der Waals surface area contributed by atoms with Crippen molar-refractivity contribution < 1.29 is 8.78 Å². The van der Waals surface area contributed by atoms with Gasteiger partial charge in [0.1, 0.15) is 0 Å². The number of hydrogen-bond donors (Lipinski definition) is 0. The molecule has 0 bridgehead atoms. The first kappa shape index (κ1) is 22.0. The Morgan fingerprint density at radius 2 is 1.23 bits per heavy atom. The highest BCUT2D eigenvalue weighted by Gasteiger charge is 2.31. The molecule has 0 radical (unpaired) electrons. The lowest BCUT2D eigenvalue weighted by atomic mass is 9.67. The minimum absolute atomic E-state index is 0.420. The smallest absolute Gasteiger partial charge is 0.159 e. The van der Waals surface area contributed by atoms with Crippen molar-refractivity contribution >= 4 is 0 Å². The van der Waals surface area contributed by atoms with E-state index < -0.39 is 11.6 Å². The lowest BCUT2D eigenvalue weighted by molar-refractivity contribution is 0.151. The van der Waals surface area contributed by atoms with Gasteiger partial charge in [-0.3, -0.25) is 0 Å². The SMILES string of the molecule is C=CC1CCC(CCC2CCC(C3CCC(c4ccc(F)c(F)c4)CC3)CC2)CC1. The Kier molecular flexibility index (Phi) is 7.65. The van der Waals surface area contributed by atoms with E-state index in [1.165, 1.54) is 89.2 Å². The van der Waals surface area contributed by atoms with Gasteiger partial charge in [-0.05, 0) is 117 Å². The molecule has 1 aromatic rings. The average molecular weight is 415 g/mol. The van der Waals surface area contributed by atoms with Crippen LogP contribution in [-0.2, 0) is 0 Å². The van der Waals surface area contributed by atoms with E-state index in [1.54, 1.807) is 6.07 Å². The van der Waals surface area contributed by atoms with Crippen LogP contribution in [0.1, 0.15) is 101 Å². The van der Waals surface area contributed by atoms with Crippen molar-refractivity contribution in [1.82, 2.24) is 0 Å². The molecule has 0 aliphatic heterocycles. The molecule has 3 saturated carbocycles. The fraction of sp³-hybridized carbons (Fsp3) is 0.714. The van der Waals surface area contributed by atoms with Crippen LogP contribution in [0.3, 0.4) is 0 Å². The summed E-state index contributed by atoms with van der Waals surface area (Å²) in [6.45, 7) is 3.97. The van der Waals surface area contributed by atoms with Crippen LogP contribution < -0.4 is 0 Å². The van der Waals surface area contributed by atoms with E-state index in [-0.39, 0.29) is 0 Å². The average Bonchev–Trinajstić information content (AvgIpc) is 2.80. The molecule has 1 aromatic carbocycles. The quantitative estimate of drug-likeness (QED) is 0.408. The van der Waals surface area contributed by atoms with Gasteiger partial charge in [0.25, 0.3) is 0 Å². The Morgan fingerprint density at radius 1 is 0.700 bits per heavy atom. The Labute approximate surface area is 182 Å². The number of benzene rings is 1. The first-order valence-corrected chi connectivity index (χ1v) is 12.7. The first-order valence-electron chi connectivity index (χ1n) is 12.7. The maximum absolute atomic E-state index is 13.6. The van der Waals surface area contributed by atoms with E-state index >= 15 is 0 Å². The van der Waals surface area contributed by atoms with Crippen molar-refractivity contribution in [1.29, 1.82) is 0 Å². The topological polar surface area (TPSA) is 0 Å². The number of rotatable bonds is 6. The third-order valence-electron chi connectivity index (χ3n) is 8.95. The molecule has 30 heavy (non-hydrogen) atoms. The molecule has 0 spiro atoms. The van der Waals surface area contributed by atoms with Crippen LogP contribution in [0.5, 0.6) is 0 Å². The predicted molar refractivity (Wildman–Crippen MR) is 121 cm³/mol. The van der Waals surface area contributed by atoms with E-state index in [1.807, 2.05) is 0 Å². The second-order valence-electron chi connectivity index (χ2n) is 10.7. The van der Waals surface area contributed by atoms with Crippen LogP contribution in [0.15, 0.2) is 30.9 Å². The van der Waals surface area contributed by atoms with Gasteiger partial charge in [-0.15, -0.1) is 6.58 Å². The Bertz CT molecular complexity index is 672. The summed E-state index contributed by atoms with van der Waals surface area (Å²) in [5.41, 5.74) is 0.998. The van der Waals surface area contributed by atoms with Crippen LogP contribution in [0.25, 0.3) is 0 Å². The van der Waals surface area contributed by atoms with E-state index in [2.05, 4.69) is 12.7 Å². The van der Waals surface area contributed by atoms with E-state index in [9.17, 15) is 8.78 Å². The van der Waals surface area contributed by atoms with Crippen molar-refractivity contribution in [2.24, 2.45) is 29.6 Å². The van der Waals surface area contributed by atoms with Gasteiger partial charge >= 0.3 is 0 Å². The number of halogens is 2. The highest BCUT2D eigenvalue weighted by Crippen LogP contribution is 2.45. The van der Waals surface area contributed by atoms with Crippen LogP contribution in [0.2, 0.25) is 0 Å². The molecule has 3 aliphatic rings. The van der Waals surface area contributed by atoms with Crippen LogP contribution in [-0.4, -0.2) is 0 Å². The maximum Gasteiger partial charge on any atom is 0.159 e. The van der Waals surface area contributed by atoms with Crippen LogP contribution >= 0.6 is 0 Å². The molecule has 0 aromatic heterocycles. The third-order valence-corrected chi connectivity index (χ3v) is 8.95. The van der Waals surface area contributed by atoms with Crippen LogP contribution in [0.4, 0.5) is 8.78 Å². The van der Waals surface area contributed by atoms with E-state index in [4.69, 9.17) is 0 Å². The molecule has 3 aliphatic carbocycles. The molecule has 0 atom stereocenters. The molecule has 4 rings (SSSR count). The predicted octanol–water partition coefficient (Wildman–Crippen LogP) is 8.82. The second-order valence-corrected chi connectivity index (χ2v) is 10.7. The van der Waals surface area contributed by atoms with Gasteiger partial charge in [-0.25, -0.2) is 8.78 Å². The van der Waals surface area contributed by atoms with Gasteiger partial charge in [-0.1, -0.05) is 37.8 Å². The van der Waals surface area contributed by atoms with Gasteiger partial charge in [0.15, 0.2) is 11.6 Å². The fourth-order valence-corrected chi connectivity index (χ4v) is 6.82. The summed E-state index contributed by atoms with van der Waals surface area (Å²) in [5, 5.41) is 0. The summed E-state index contributed by atoms with van der Waals surface area (Å²) in [4.78, 5) is 0. The van der Waals surface area contributed by atoms with Crippen LogP contribution in [0, 0.1) is 41.2 Å². The summed E-state index contributed by atoms with van der Waals surface area (Å²) < 4.78 is 26.8. The highest BCUT2D eigenvalue weighted by molar-refractivity contribution is 5.22. The summed E-state index contributed by atoms with van der Waals surface area (Å²) in [7, 11) is 0. The Hall–Kier alpha value is -1.18. The minimum Gasteiger partial charge on any atom is -0.204 e. The Balaban J connectivity index is 1.15. The zero-order valence-electron chi connectivity index (χ0n) is 18.6. The van der Waals surface area contributed by atoms with Crippen molar-refractivity contribution in [3.8, 4) is 0 Å². The molecule has 0 amide bonds. The molecular formula is C28H40F2. The zero-order valence-corrected chi connectivity index (χ0v) is 18.6. The third kappa shape index (κ3) is 5.54. The lowest BCUT2D eigenvalue weighted by Gasteiger charge is -2.38. The highest BCUT2D eigenvalue weighted by atomic mass is 19.2.